The van der Waals surface area contributed by atoms with Crippen LogP contribution in [0.5, 0.6) is 0 Å². The number of benzene rings is 2. The molecule has 0 fully saturated rings. The minimum absolute atomic E-state index is 0.467. The normalized spacial score (nSPS) is 11.2. The Bertz CT molecular complexity index is 912. The Balaban J connectivity index is 1.74. The number of rotatable bonds is 2. The number of para-hydroxylation sites is 1. The molecule has 4 aromatic rings. The van der Waals surface area contributed by atoms with Gasteiger partial charge in [0.1, 0.15) is 5.52 Å². The molecule has 2 aromatic carbocycles. The van der Waals surface area contributed by atoms with Crippen LogP contribution in [0.3, 0.4) is 0 Å². The van der Waals surface area contributed by atoms with Crippen LogP contribution in [0.15, 0.2) is 51.5 Å². The van der Waals surface area contributed by atoms with Gasteiger partial charge in [-0.1, -0.05) is 6.07 Å². The first-order valence-corrected chi connectivity index (χ1v) is 6.84. The largest absolute Gasteiger partial charge is 0.422 e. The number of fused-ring (bicyclic) bond motifs is 2. The van der Waals surface area contributed by atoms with Gasteiger partial charge in [-0.3, -0.25) is 5.10 Å². The molecule has 0 spiro atoms. The van der Waals surface area contributed by atoms with Crippen molar-refractivity contribution in [1.82, 2.24) is 15.2 Å². The van der Waals surface area contributed by atoms with Crippen LogP contribution in [0, 0.1) is 0 Å². The zero-order chi connectivity index (χ0) is 13.5. The van der Waals surface area contributed by atoms with E-state index in [2.05, 4.69) is 36.4 Å². The third kappa shape index (κ3) is 1.85. The van der Waals surface area contributed by atoms with Gasteiger partial charge in [0.2, 0.25) is 0 Å². The molecule has 20 heavy (non-hydrogen) atoms. The second kappa shape index (κ2) is 4.35. The summed E-state index contributed by atoms with van der Waals surface area (Å²) < 4.78 is 6.59. The highest BCUT2D eigenvalue weighted by atomic mass is 79.9. The highest BCUT2D eigenvalue weighted by Gasteiger charge is 2.08. The molecule has 98 valence electrons. The van der Waals surface area contributed by atoms with E-state index in [1.165, 1.54) is 0 Å². The van der Waals surface area contributed by atoms with Gasteiger partial charge in [0, 0.05) is 11.1 Å². The fourth-order valence-corrected chi connectivity index (χ4v) is 2.55. The molecule has 0 bridgehead atoms. The van der Waals surface area contributed by atoms with Gasteiger partial charge in [-0.15, -0.1) is 0 Å². The standard InChI is InChI=1S/C14H9BrN4O/c15-10-2-1-3-12-13(10)20-14(18-12)17-9-4-5-11-8(6-9)7-16-19-11/h1-7H,(H,16,19)(H,17,18). The summed E-state index contributed by atoms with van der Waals surface area (Å²) in [6.45, 7) is 0. The Morgan fingerprint density at radius 2 is 2.15 bits per heavy atom. The highest BCUT2D eigenvalue weighted by Crippen LogP contribution is 2.28. The first-order chi connectivity index (χ1) is 9.79. The number of halogens is 1. The first-order valence-electron chi connectivity index (χ1n) is 6.05. The van der Waals surface area contributed by atoms with Gasteiger partial charge in [-0.05, 0) is 46.3 Å². The van der Waals surface area contributed by atoms with Gasteiger partial charge < -0.3 is 9.73 Å². The summed E-state index contributed by atoms with van der Waals surface area (Å²) in [5.41, 5.74) is 3.45. The second-order valence-corrected chi connectivity index (χ2v) is 5.26. The number of aromatic nitrogens is 3. The van der Waals surface area contributed by atoms with Gasteiger partial charge in [-0.2, -0.15) is 10.1 Å². The van der Waals surface area contributed by atoms with Crippen LogP contribution in [0.4, 0.5) is 11.7 Å². The number of nitrogens with one attached hydrogen (secondary N) is 2. The van der Waals surface area contributed by atoms with Crippen LogP contribution < -0.4 is 5.32 Å². The molecule has 0 amide bonds. The topological polar surface area (TPSA) is 66.7 Å². The lowest BCUT2D eigenvalue weighted by molar-refractivity contribution is 0.621. The van der Waals surface area contributed by atoms with Gasteiger partial charge >= 0.3 is 0 Å². The van der Waals surface area contributed by atoms with Crippen LogP contribution in [-0.2, 0) is 0 Å². The van der Waals surface area contributed by atoms with E-state index >= 15 is 0 Å². The maximum absolute atomic E-state index is 5.70. The van der Waals surface area contributed by atoms with Crippen LogP contribution in [0.1, 0.15) is 0 Å². The number of nitrogens with zero attached hydrogens (tertiary/aromatic N) is 2. The van der Waals surface area contributed by atoms with Crippen molar-refractivity contribution in [2.75, 3.05) is 5.32 Å². The maximum Gasteiger partial charge on any atom is 0.300 e. The molecule has 0 saturated heterocycles. The number of oxazole rings is 1. The molecule has 0 unspecified atom stereocenters. The van der Waals surface area contributed by atoms with E-state index in [4.69, 9.17) is 4.42 Å². The van der Waals surface area contributed by atoms with Gasteiger partial charge in [0.15, 0.2) is 5.58 Å². The molecule has 0 aliphatic rings. The molecule has 4 rings (SSSR count). The second-order valence-electron chi connectivity index (χ2n) is 4.40. The molecule has 0 aliphatic carbocycles. The van der Waals surface area contributed by atoms with Gasteiger partial charge in [-0.25, -0.2) is 0 Å². The zero-order valence-electron chi connectivity index (χ0n) is 10.2. The lowest BCUT2D eigenvalue weighted by Crippen LogP contribution is -1.89. The lowest BCUT2D eigenvalue weighted by atomic mass is 10.2. The van der Waals surface area contributed by atoms with Crippen molar-refractivity contribution in [2.24, 2.45) is 0 Å². The molecule has 2 N–H and O–H groups in total. The quantitative estimate of drug-likeness (QED) is 0.578. The van der Waals surface area contributed by atoms with E-state index in [0.717, 1.165) is 32.2 Å². The summed E-state index contributed by atoms with van der Waals surface area (Å²) in [5.74, 6) is 0. The van der Waals surface area contributed by atoms with Crippen molar-refractivity contribution in [2.45, 2.75) is 0 Å². The summed E-state index contributed by atoms with van der Waals surface area (Å²) >= 11 is 3.45. The fraction of sp³-hybridized carbons (Fsp3) is 0. The van der Waals surface area contributed by atoms with Crippen LogP contribution in [0.25, 0.3) is 22.0 Å². The van der Waals surface area contributed by atoms with Crippen molar-refractivity contribution < 1.29 is 4.42 Å². The van der Waals surface area contributed by atoms with Crippen LogP contribution in [-0.4, -0.2) is 15.2 Å². The Hall–Kier alpha value is -2.34. The van der Waals surface area contributed by atoms with E-state index in [-0.39, 0.29) is 0 Å². The molecule has 6 heteroatoms. The summed E-state index contributed by atoms with van der Waals surface area (Å²) in [4.78, 5) is 4.41. The number of anilines is 2. The average molecular weight is 329 g/mol. The third-order valence-corrected chi connectivity index (χ3v) is 3.68. The van der Waals surface area contributed by atoms with Crippen molar-refractivity contribution in [3.63, 3.8) is 0 Å². The SMILES string of the molecule is Brc1cccc2nc(Nc3ccc4[nH]ncc4c3)oc12. The van der Waals surface area contributed by atoms with E-state index < -0.39 is 0 Å². The summed E-state index contributed by atoms with van der Waals surface area (Å²) in [5, 5.41) is 11.1. The smallest absolute Gasteiger partial charge is 0.300 e. The number of hydrogen-bond acceptors (Lipinski definition) is 4. The van der Waals surface area contributed by atoms with Crippen molar-refractivity contribution >= 4 is 49.6 Å². The van der Waals surface area contributed by atoms with Gasteiger partial charge in [0.25, 0.3) is 6.01 Å². The molecule has 0 atom stereocenters. The molecule has 0 saturated carbocycles. The highest BCUT2D eigenvalue weighted by molar-refractivity contribution is 9.10. The Morgan fingerprint density at radius 1 is 1.20 bits per heavy atom. The number of H-pyrrole nitrogens is 1. The van der Waals surface area contributed by atoms with Crippen molar-refractivity contribution in [3.8, 4) is 0 Å². The van der Waals surface area contributed by atoms with Crippen molar-refractivity contribution in [1.29, 1.82) is 0 Å². The molecular formula is C14H9BrN4O. The van der Waals surface area contributed by atoms with E-state index in [0.29, 0.717) is 6.01 Å². The fourth-order valence-electron chi connectivity index (χ4n) is 2.11. The predicted octanol–water partition coefficient (Wildman–Crippen LogP) is 4.21. The minimum atomic E-state index is 0.467. The first kappa shape index (κ1) is 11.5. The van der Waals surface area contributed by atoms with Crippen LogP contribution >= 0.6 is 15.9 Å². The minimum Gasteiger partial charge on any atom is -0.422 e. The summed E-state index contributed by atoms with van der Waals surface area (Å²) in [6, 6.07) is 12.1. The van der Waals surface area contributed by atoms with E-state index in [1.807, 2.05) is 36.4 Å². The maximum atomic E-state index is 5.70. The third-order valence-electron chi connectivity index (χ3n) is 3.06. The van der Waals surface area contributed by atoms with Crippen LogP contribution in [0.2, 0.25) is 0 Å². The molecular weight excluding hydrogens is 320 g/mol. The Morgan fingerprint density at radius 3 is 3.05 bits per heavy atom. The lowest BCUT2D eigenvalue weighted by Gasteiger charge is -2.00. The molecule has 2 aromatic heterocycles. The molecule has 5 nitrogen and oxygen atoms in total. The zero-order valence-corrected chi connectivity index (χ0v) is 11.8. The Kier molecular flexibility index (Phi) is 2.50. The van der Waals surface area contributed by atoms with Gasteiger partial charge in [0.05, 0.1) is 16.2 Å². The van der Waals surface area contributed by atoms with E-state index in [9.17, 15) is 0 Å². The monoisotopic (exact) mass is 328 g/mol. The molecule has 0 radical (unpaired) electrons. The van der Waals surface area contributed by atoms with E-state index in [1.54, 1.807) is 6.20 Å². The predicted molar refractivity (Wildman–Crippen MR) is 81.1 cm³/mol. The average Bonchev–Trinajstić information content (AvgIpc) is 3.05. The molecule has 0 aliphatic heterocycles. The molecule has 2 heterocycles. The number of hydrogen-bond donors (Lipinski definition) is 2. The summed E-state index contributed by atoms with van der Waals surface area (Å²) in [7, 11) is 0. The summed E-state index contributed by atoms with van der Waals surface area (Å²) in [6.07, 6.45) is 1.78. The Labute approximate surface area is 122 Å². The number of aromatic amines is 1. The van der Waals surface area contributed by atoms with Crippen molar-refractivity contribution in [3.05, 3.63) is 47.1 Å².